The van der Waals surface area contributed by atoms with Gasteiger partial charge in [-0.3, -0.25) is 4.99 Å². The van der Waals surface area contributed by atoms with Gasteiger partial charge in [0.2, 0.25) is 0 Å². The third-order valence-electron chi connectivity index (χ3n) is 4.43. The molecule has 1 aliphatic carbocycles. The molecule has 0 radical (unpaired) electrons. The highest BCUT2D eigenvalue weighted by atomic mass is 127. The van der Waals surface area contributed by atoms with Crippen LogP contribution in [-0.2, 0) is 10.2 Å². The van der Waals surface area contributed by atoms with Crippen LogP contribution in [0.4, 0.5) is 0 Å². The van der Waals surface area contributed by atoms with Crippen LogP contribution < -0.4 is 11.1 Å². The lowest BCUT2D eigenvalue weighted by atomic mass is 9.74. The van der Waals surface area contributed by atoms with Crippen molar-refractivity contribution < 1.29 is 4.74 Å². The largest absolute Gasteiger partial charge is 0.381 e. The van der Waals surface area contributed by atoms with E-state index in [1.165, 1.54) is 12.8 Å². The van der Waals surface area contributed by atoms with E-state index in [1.807, 2.05) is 12.1 Å². The lowest BCUT2D eigenvalue weighted by Gasteiger charge is -2.37. The summed E-state index contributed by atoms with van der Waals surface area (Å²) in [5.41, 5.74) is 6.94. The van der Waals surface area contributed by atoms with Crippen molar-refractivity contribution >= 4 is 53.1 Å². The maximum Gasteiger partial charge on any atom is 0.188 e. The van der Waals surface area contributed by atoms with Gasteiger partial charge in [0.1, 0.15) is 0 Å². The fraction of sp³-hybridized carbons (Fsp3) is 0.562. The van der Waals surface area contributed by atoms with Gasteiger partial charge >= 0.3 is 0 Å². The van der Waals surface area contributed by atoms with Crippen molar-refractivity contribution in [3.63, 3.8) is 0 Å². The van der Waals surface area contributed by atoms with Crippen molar-refractivity contribution in [3.8, 4) is 0 Å². The average molecular weight is 470 g/mol. The van der Waals surface area contributed by atoms with Crippen LogP contribution in [0.3, 0.4) is 0 Å². The number of halogens is 3. The molecule has 0 bridgehead atoms. The predicted molar refractivity (Wildman–Crippen MR) is 106 cm³/mol. The van der Waals surface area contributed by atoms with Crippen molar-refractivity contribution in [2.24, 2.45) is 10.7 Å². The van der Waals surface area contributed by atoms with Gasteiger partial charge in [0.05, 0.1) is 6.54 Å². The lowest BCUT2D eigenvalue weighted by Crippen LogP contribution is -2.40. The summed E-state index contributed by atoms with van der Waals surface area (Å²) in [6, 6.07) is 6.20. The second kappa shape index (κ2) is 8.23. The minimum absolute atomic E-state index is 0. The molecule has 1 aliphatic heterocycles. The fourth-order valence-electron chi connectivity index (χ4n) is 2.91. The van der Waals surface area contributed by atoms with E-state index in [9.17, 15) is 0 Å². The van der Waals surface area contributed by atoms with Gasteiger partial charge in [-0.1, -0.05) is 29.3 Å². The molecule has 2 aliphatic rings. The molecule has 128 valence electrons. The average Bonchev–Trinajstić information content (AvgIpc) is 3.30. The Kier molecular flexibility index (Phi) is 6.83. The second-order valence-electron chi connectivity index (χ2n) is 6.14. The summed E-state index contributed by atoms with van der Waals surface area (Å²) in [5.74, 6) is 0.526. The number of hydrogen-bond acceptors (Lipinski definition) is 2. The maximum atomic E-state index is 6.44. The molecule has 3 rings (SSSR count). The first kappa shape index (κ1) is 19.1. The Labute approximate surface area is 164 Å². The molecule has 2 fully saturated rings. The smallest absolute Gasteiger partial charge is 0.188 e. The second-order valence-corrected chi connectivity index (χ2v) is 6.98. The molecule has 0 spiro atoms. The van der Waals surface area contributed by atoms with Crippen molar-refractivity contribution in [2.45, 2.75) is 37.1 Å². The highest BCUT2D eigenvalue weighted by Gasteiger charge is 2.36. The van der Waals surface area contributed by atoms with E-state index in [1.54, 1.807) is 6.07 Å². The van der Waals surface area contributed by atoms with Crippen molar-refractivity contribution in [3.05, 3.63) is 33.8 Å². The number of nitrogens with one attached hydrogen (secondary N) is 1. The summed E-state index contributed by atoms with van der Waals surface area (Å²) in [6.45, 7) is 2.04. The van der Waals surface area contributed by atoms with Crippen LogP contribution in [0.2, 0.25) is 10.0 Å². The van der Waals surface area contributed by atoms with E-state index < -0.39 is 0 Å². The van der Waals surface area contributed by atoms with Gasteiger partial charge < -0.3 is 15.8 Å². The highest BCUT2D eigenvalue weighted by Crippen LogP contribution is 2.39. The summed E-state index contributed by atoms with van der Waals surface area (Å²) in [7, 11) is 0. The molecule has 0 atom stereocenters. The zero-order valence-corrected chi connectivity index (χ0v) is 16.7. The molecule has 23 heavy (non-hydrogen) atoms. The van der Waals surface area contributed by atoms with Gasteiger partial charge in [0.15, 0.2) is 5.96 Å². The summed E-state index contributed by atoms with van der Waals surface area (Å²) in [4.78, 5) is 4.58. The number of benzene rings is 1. The van der Waals surface area contributed by atoms with Crippen LogP contribution in [0.5, 0.6) is 0 Å². The van der Waals surface area contributed by atoms with E-state index in [-0.39, 0.29) is 29.4 Å². The zero-order valence-electron chi connectivity index (χ0n) is 12.9. The molecule has 1 aromatic rings. The minimum atomic E-state index is -0.129. The Morgan fingerprint density at radius 3 is 2.61 bits per heavy atom. The molecule has 4 nitrogen and oxygen atoms in total. The number of ether oxygens (including phenoxy) is 1. The van der Waals surface area contributed by atoms with Crippen LogP contribution in [0, 0.1) is 0 Å². The number of guanidine groups is 1. The van der Waals surface area contributed by atoms with E-state index in [4.69, 9.17) is 33.7 Å². The molecule has 1 saturated heterocycles. The normalized spacial score (nSPS) is 20.7. The van der Waals surface area contributed by atoms with Gasteiger partial charge in [-0.25, -0.2) is 0 Å². The van der Waals surface area contributed by atoms with Crippen molar-refractivity contribution in [1.29, 1.82) is 0 Å². The Morgan fingerprint density at radius 1 is 1.30 bits per heavy atom. The monoisotopic (exact) mass is 469 g/mol. The van der Waals surface area contributed by atoms with Crippen LogP contribution in [0.25, 0.3) is 0 Å². The van der Waals surface area contributed by atoms with Crippen molar-refractivity contribution in [1.82, 2.24) is 5.32 Å². The molecule has 1 saturated carbocycles. The third kappa shape index (κ3) is 4.87. The Hall–Kier alpha value is -0.240. The molecule has 1 aromatic carbocycles. The number of aliphatic imine (C=N–C) groups is 1. The molecule has 0 unspecified atom stereocenters. The first-order valence-corrected chi connectivity index (χ1v) is 8.44. The van der Waals surface area contributed by atoms with E-state index in [0.29, 0.717) is 41.8 Å². The molecule has 3 N–H and O–H groups in total. The summed E-state index contributed by atoms with van der Waals surface area (Å²) in [6.07, 6.45) is 4.12. The number of nitrogens with zero attached hydrogens (tertiary/aromatic N) is 1. The number of nitrogens with two attached hydrogens (primary N) is 1. The summed E-state index contributed by atoms with van der Waals surface area (Å²) in [5, 5.41) is 4.57. The van der Waals surface area contributed by atoms with Crippen LogP contribution >= 0.6 is 47.2 Å². The quantitative estimate of drug-likeness (QED) is 0.401. The van der Waals surface area contributed by atoms with Gasteiger partial charge in [-0.05, 0) is 43.4 Å². The number of rotatable bonds is 4. The van der Waals surface area contributed by atoms with Gasteiger partial charge in [0.25, 0.3) is 0 Å². The van der Waals surface area contributed by atoms with Crippen LogP contribution in [-0.4, -0.2) is 31.8 Å². The maximum absolute atomic E-state index is 6.44. The zero-order chi connectivity index (χ0) is 15.6. The molecule has 7 heteroatoms. The fourth-order valence-corrected chi connectivity index (χ4v) is 3.52. The Balaban J connectivity index is 0.00000192. The molecular formula is C16H22Cl2IN3O. The van der Waals surface area contributed by atoms with E-state index in [0.717, 1.165) is 18.4 Å². The van der Waals surface area contributed by atoms with Crippen molar-refractivity contribution in [2.75, 3.05) is 19.8 Å². The first-order valence-electron chi connectivity index (χ1n) is 7.69. The summed E-state index contributed by atoms with van der Waals surface area (Å²) < 4.78 is 5.53. The summed E-state index contributed by atoms with van der Waals surface area (Å²) >= 11 is 12.5. The Bertz CT molecular complexity index is 572. The van der Waals surface area contributed by atoms with E-state index in [2.05, 4.69) is 10.3 Å². The van der Waals surface area contributed by atoms with E-state index >= 15 is 0 Å². The molecular weight excluding hydrogens is 448 g/mol. The standard InChI is InChI=1S/C16H21Cl2N3O.HI/c17-11-1-4-13(14(18)9-11)16(5-7-22-8-6-16)10-20-15(19)21-12-2-3-12;/h1,4,9,12H,2-3,5-8,10H2,(H3,19,20,21);1H. The van der Waals surface area contributed by atoms with Gasteiger partial charge in [-0.2, -0.15) is 0 Å². The number of hydrogen-bond donors (Lipinski definition) is 2. The van der Waals surface area contributed by atoms with Gasteiger partial charge in [0, 0.05) is 34.7 Å². The lowest BCUT2D eigenvalue weighted by molar-refractivity contribution is 0.0531. The Morgan fingerprint density at radius 2 is 2.00 bits per heavy atom. The molecule has 1 heterocycles. The highest BCUT2D eigenvalue weighted by molar-refractivity contribution is 14.0. The SMILES string of the molecule is I.NC(=NCC1(c2ccc(Cl)cc2Cl)CCOCC1)NC1CC1. The molecule has 0 aromatic heterocycles. The first-order chi connectivity index (χ1) is 10.6. The molecule has 0 amide bonds. The topological polar surface area (TPSA) is 59.6 Å². The van der Waals surface area contributed by atoms with Crippen LogP contribution in [0.15, 0.2) is 23.2 Å². The third-order valence-corrected chi connectivity index (χ3v) is 4.98. The van der Waals surface area contributed by atoms with Gasteiger partial charge in [-0.15, -0.1) is 24.0 Å². The van der Waals surface area contributed by atoms with Crippen LogP contribution in [0.1, 0.15) is 31.2 Å². The minimum Gasteiger partial charge on any atom is -0.381 e. The predicted octanol–water partition coefficient (Wildman–Crippen LogP) is 3.73.